The van der Waals surface area contributed by atoms with Crippen LogP contribution in [-0.4, -0.2) is 16.5 Å². The molecule has 1 fully saturated rings. The third-order valence-corrected chi connectivity index (χ3v) is 3.89. The number of nitrogens with zero attached hydrogens (tertiary/aromatic N) is 2. The van der Waals surface area contributed by atoms with E-state index in [0.717, 1.165) is 24.1 Å². The summed E-state index contributed by atoms with van der Waals surface area (Å²) in [6, 6.07) is 1.81. The first kappa shape index (κ1) is 14.6. The Labute approximate surface area is 121 Å². The van der Waals surface area contributed by atoms with Crippen molar-refractivity contribution >= 4 is 17.4 Å². The molecule has 1 N–H and O–H groups in total. The minimum atomic E-state index is -0.0766. The predicted molar refractivity (Wildman–Crippen MR) is 80.8 cm³/mol. The van der Waals surface area contributed by atoms with Crippen LogP contribution in [0.15, 0.2) is 6.07 Å². The second-order valence-corrected chi connectivity index (χ2v) is 6.90. The van der Waals surface area contributed by atoms with E-state index in [0.29, 0.717) is 5.15 Å². The Kier molecular flexibility index (Phi) is 4.67. The van der Waals surface area contributed by atoms with E-state index in [4.69, 9.17) is 11.6 Å². The van der Waals surface area contributed by atoms with Gasteiger partial charge in [-0.1, -0.05) is 58.1 Å². The average Bonchev–Trinajstić information content (AvgIpc) is 2.80. The largest absolute Gasteiger partial charge is 0.370 e. The second kappa shape index (κ2) is 6.08. The summed E-state index contributed by atoms with van der Waals surface area (Å²) in [4.78, 5) is 8.87. The SMILES string of the molecule is CC(C)(C)c1nc(Cl)cc(NCCC2CCCC2)n1. The molecule has 0 aliphatic heterocycles. The molecule has 3 nitrogen and oxygen atoms in total. The fourth-order valence-corrected chi connectivity index (χ4v) is 2.73. The summed E-state index contributed by atoms with van der Waals surface area (Å²) in [5, 5.41) is 3.91. The van der Waals surface area contributed by atoms with E-state index in [1.165, 1.54) is 32.1 Å². The number of hydrogen-bond acceptors (Lipinski definition) is 3. The highest BCUT2D eigenvalue weighted by molar-refractivity contribution is 6.29. The monoisotopic (exact) mass is 281 g/mol. The molecule has 0 radical (unpaired) electrons. The first-order valence-electron chi connectivity index (χ1n) is 7.24. The molecule has 1 aliphatic carbocycles. The Balaban J connectivity index is 1.94. The van der Waals surface area contributed by atoms with Crippen molar-refractivity contribution in [3.8, 4) is 0 Å². The molecule has 106 valence electrons. The fourth-order valence-electron chi connectivity index (χ4n) is 2.55. The number of anilines is 1. The van der Waals surface area contributed by atoms with Gasteiger partial charge < -0.3 is 5.32 Å². The van der Waals surface area contributed by atoms with Crippen LogP contribution in [0.25, 0.3) is 0 Å². The molecule has 0 aromatic carbocycles. The highest BCUT2D eigenvalue weighted by Crippen LogP contribution is 2.27. The van der Waals surface area contributed by atoms with Crippen LogP contribution in [0, 0.1) is 5.92 Å². The van der Waals surface area contributed by atoms with E-state index >= 15 is 0 Å². The molecule has 0 unspecified atom stereocenters. The van der Waals surface area contributed by atoms with Crippen LogP contribution in [0.5, 0.6) is 0 Å². The van der Waals surface area contributed by atoms with Gasteiger partial charge in [-0.2, -0.15) is 0 Å². The summed E-state index contributed by atoms with van der Waals surface area (Å²) in [6.45, 7) is 7.27. The topological polar surface area (TPSA) is 37.8 Å². The Morgan fingerprint density at radius 3 is 2.58 bits per heavy atom. The maximum absolute atomic E-state index is 6.07. The lowest BCUT2D eigenvalue weighted by molar-refractivity contribution is 0.517. The van der Waals surface area contributed by atoms with E-state index in [9.17, 15) is 0 Å². The number of aromatic nitrogens is 2. The molecule has 1 aliphatic rings. The van der Waals surface area contributed by atoms with Gasteiger partial charge in [-0.05, 0) is 12.3 Å². The summed E-state index contributed by atoms with van der Waals surface area (Å²) >= 11 is 6.07. The zero-order valence-electron chi connectivity index (χ0n) is 12.2. The third kappa shape index (κ3) is 4.34. The van der Waals surface area contributed by atoms with Crippen LogP contribution in [0.2, 0.25) is 5.15 Å². The maximum atomic E-state index is 6.07. The standard InChI is InChI=1S/C15H24ClN3/c1-15(2,3)14-18-12(16)10-13(19-14)17-9-8-11-6-4-5-7-11/h10-11H,4-9H2,1-3H3,(H,17,18,19). The zero-order valence-corrected chi connectivity index (χ0v) is 12.9. The molecule has 0 bridgehead atoms. The Hall–Kier alpha value is -0.830. The molecule has 19 heavy (non-hydrogen) atoms. The normalized spacial score (nSPS) is 16.8. The van der Waals surface area contributed by atoms with Gasteiger partial charge in [0, 0.05) is 18.0 Å². The summed E-state index contributed by atoms with van der Waals surface area (Å²) in [7, 11) is 0. The molecule has 0 saturated heterocycles. The van der Waals surface area contributed by atoms with Gasteiger partial charge >= 0.3 is 0 Å². The second-order valence-electron chi connectivity index (χ2n) is 6.52. The van der Waals surface area contributed by atoms with E-state index < -0.39 is 0 Å². The lowest BCUT2D eigenvalue weighted by Crippen LogP contribution is -2.18. The van der Waals surface area contributed by atoms with Crippen LogP contribution in [0.1, 0.15) is 58.7 Å². The van der Waals surface area contributed by atoms with Crippen molar-refractivity contribution in [2.75, 3.05) is 11.9 Å². The highest BCUT2D eigenvalue weighted by Gasteiger charge is 2.19. The molecule has 1 aromatic rings. The van der Waals surface area contributed by atoms with E-state index in [-0.39, 0.29) is 5.41 Å². The summed E-state index contributed by atoms with van der Waals surface area (Å²) in [5.74, 6) is 2.54. The van der Waals surface area contributed by atoms with Crippen molar-refractivity contribution in [1.29, 1.82) is 0 Å². The lowest BCUT2D eigenvalue weighted by Gasteiger charge is -2.18. The first-order valence-corrected chi connectivity index (χ1v) is 7.62. The summed E-state index contributed by atoms with van der Waals surface area (Å²) in [6.07, 6.45) is 6.81. The average molecular weight is 282 g/mol. The van der Waals surface area contributed by atoms with Crippen molar-refractivity contribution in [2.45, 2.75) is 58.3 Å². The van der Waals surface area contributed by atoms with Gasteiger partial charge in [0.15, 0.2) is 0 Å². The molecule has 1 saturated carbocycles. The molecular formula is C15H24ClN3. The van der Waals surface area contributed by atoms with Gasteiger partial charge in [0.05, 0.1) is 0 Å². The summed E-state index contributed by atoms with van der Waals surface area (Å²) < 4.78 is 0. The first-order chi connectivity index (χ1) is 8.95. The smallest absolute Gasteiger partial charge is 0.137 e. The van der Waals surface area contributed by atoms with Gasteiger partial charge in [0.1, 0.15) is 16.8 Å². The van der Waals surface area contributed by atoms with Gasteiger partial charge in [0.25, 0.3) is 0 Å². The number of hydrogen-bond donors (Lipinski definition) is 1. The molecule has 1 heterocycles. The minimum Gasteiger partial charge on any atom is -0.370 e. The highest BCUT2D eigenvalue weighted by atomic mass is 35.5. The van der Waals surface area contributed by atoms with E-state index in [2.05, 4.69) is 36.1 Å². The Morgan fingerprint density at radius 2 is 1.95 bits per heavy atom. The maximum Gasteiger partial charge on any atom is 0.137 e. The lowest BCUT2D eigenvalue weighted by atomic mass is 9.96. The minimum absolute atomic E-state index is 0.0766. The fraction of sp³-hybridized carbons (Fsp3) is 0.733. The van der Waals surface area contributed by atoms with Crippen LogP contribution in [0.4, 0.5) is 5.82 Å². The number of halogens is 1. The van der Waals surface area contributed by atoms with E-state index in [1.807, 2.05) is 6.07 Å². The summed E-state index contributed by atoms with van der Waals surface area (Å²) in [5.41, 5.74) is -0.0766. The van der Waals surface area contributed by atoms with Gasteiger partial charge in [0.2, 0.25) is 0 Å². The zero-order chi connectivity index (χ0) is 13.9. The Morgan fingerprint density at radius 1 is 1.26 bits per heavy atom. The molecule has 4 heteroatoms. The van der Waals surface area contributed by atoms with Crippen molar-refractivity contribution in [3.05, 3.63) is 17.0 Å². The van der Waals surface area contributed by atoms with E-state index in [1.54, 1.807) is 0 Å². The number of nitrogens with one attached hydrogen (secondary N) is 1. The van der Waals surface area contributed by atoms with Crippen LogP contribution in [0.3, 0.4) is 0 Å². The van der Waals surface area contributed by atoms with Crippen molar-refractivity contribution in [2.24, 2.45) is 5.92 Å². The van der Waals surface area contributed by atoms with Gasteiger partial charge in [-0.3, -0.25) is 0 Å². The molecule has 0 atom stereocenters. The predicted octanol–water partition coefficient (Wildman–Crippen LogP) is 4.42. The third-order valence-electron chi connectivity index (χ3n) is 3.70. The van der Waals surface area contributed by atoms with Crippen molar-refractivity contribution in [3.63, 3.8) is 0 Å². The van der Waals surface area contributed by atoms with Crippen LogP contribution < -0.4 is 5.32 Å². The van der Waals surface area contributed by atoms with Crippen LogP contribution >= 0.6 is 11.6 Å². The van der Waals surface area contributed by atoms with Crippen molar-refractivity contribution < 1.29 is 0 Å². The van der Waals surface area contributed by atoms with Gasteiger partial charge in [-0.25, -0.2) is 9.97 Å². The van der Waals surface area contributed by atoms with Gasteiger partial charge in [-0.15, -0.1) is 0 Å². The molecular weight excluding hydrogens is 258 g/mol. The number of rotatable bonds is 4. The molecule has 0 spiro atoms. The molecule has 2 rings (SSSR count). The Bertz CT molecular complexity index is 420. The quantitative estimate of drug-likeness (QED) is 0.830. The van der Waals surface area contributed by atoms with Crippen LogP contribution in [-0.2, 0) is 5.41 Å². The molecule has 1 aromatic heterocycles. The molecule has 0 amide bonds. The van der Waals surface area contributed by atoms with Crippen molar-refractivity contribution in [1.82, 2.24) is 9.97 Å².